The van der Waals surface area contributed by atoms with Crippen molar-refractivity contribution in [3.8, 4) is 0 Å². The average molecular weight is 529 g/mol. The minimum atomic E-state index is -0.195. The first-order valence-corrected chi connectivity index (χ1v) is 10.3. The van der Waals surface area contributed by atoms with Crippen molar-refractivity contribution in [2.75, 3.05) is 19.6 Å². The van der Waals surface area contributed by atoms with Crippen LogP contribution < -0.4 is 10.6 Å². The molecular weight excluding hydrogens is 496 g/mol. The molecule has 0 saturated carbocycles. The van der Waals surface area contributed by atoms with Crippen LogP contribution in [0.15, 0.2) is 23.2 Å². The molecule has 0 aliphatic carbocycles. The van der Waals surface area contributed by atoms with Crippen LogP contribution in [0.2, 0.25) is 0 Å². The highest BCUT2D eigenvalue weighted by Crippen LogP contribution is 2.15. The number of likely N-dealkylation sites (N-methyl/N-ethyl adjacent to an activating group) is 1. The maximum absolute atomic E-state index is 13.9. The Morgan fingerprint density at radius 2 is 2.07 bits per heavy atom. The van der Waals surface area contributed by atoms with E-state index < -0.39 is 0 Å². The lowest BCUT2D eigenvalue weighted by Gasteiger charge is -2.24. The summed E-state index contributed by atoms with van der Waals surface area (Å²) in [6.07, 6.45) is 2.43. The lowest BCUT2D eigenvalue weighted by molar-refractivity contribution is 0.267. The Morgan fingerprint density at radius 1 is 1.27 bits per heavy atom. The van der Waals surface area contributed by atoms with Gasteiger partial charge in [0.05, 0.1) is 13.1 Å². The van der Waals surface area contributed by atoms with E-state index in [0.29, 0.717) is 30.7 Å². The van der Waals surface area contributed by atoms with Crippen LogP contribution in [0.25, 0.3) is 0 Å². The zero-order valence-corrected chi connectivity index (χ0v) is 20.6. The van der Waals surface area contributed by atoms with E-state index in [9.17, 15) is 4.39 Å². The molecule has 1 saturated heterocycles. The second kappa shape index (κ2) is 11.6. The number of benzene rings is 1. The summed E-state index contributed by atoms with van der Waals surface area (Å²) in [6.45, 7) is 9.88. The van der Waals surface area contributed by atoms with Gasteiger partial charge >= 0.3 is 0 Å². The number of hydrogen-bond acceptors (Lipinski definition) is 4. The average Bonchev–Trinajstić information content (AvgIpc) is 3.30. The number of hydrogen-bond donors (Lipinski definition) is 2. The molecule has 30 heavy (non-hydrogen) atoms. The highest BCUT2D eigenvalue weighted by molar-refractivity contribution is 14.0. The summed E-state index contributed by atoms with van der Waals surface area (Å²) in [6, 6.07) is 5.78. The van der Waals surface area contributed by atoms with Gasteiger partial charge in [0.15, 0.2) is 11.8 Å². The number of guanidine groups is 1. The third-order valence-electron chi connectivity index (χ3n) is 5.66. The van der Waals surface area contributed by atoms with Gasteiger partial charge in [0.2, 0.25) is 0 Å². The number of halogens is 2. The lowest BCUT2D eigenvalue weighted by atomic mass is 10.1. The van der Waals surface area contributed by atoms with Gasteiger partial charge in [-0.05, 0) is 57.0 Å². The Balaban J connectivity index is 0.00000320. The molecule has 1 aromatic heterocycles. The van der Waals surface area contributed by atoms with E-state index in [1.165, 1.54) is 12.8 Å². The van der Waals surface area contributed by atoms with Gasteiger partial charge in [0, 0.05) is 19.6 Å². The molecule has 0 amide bonds. The van der Waals surface area contributed by atoms with E-state index in [1.807, 2.05) is 24.6 Å². The smallest absolute Gasteiger partial charge is 0.192 e. The van der Waals surface area contributed by atoms with Gasteiger partial charge < -0.3 is 15.2 Å². The Kier molecular flexibility index (Phi) is 9.47. The van der Waals surface area contributed by atoms with Crippen molar-refractivity contribution in [3.05, 3.63) is 46.8 Å². The minimum Gasteiger partial charge on any atom is -0.355 e. The molecule has 0 radical (unpaired) electrons. The van der Waals surface area contributed by atoms with E-state index in [-0.39, 0.29) is 29.8 Å². The molecule has 2 N–H and O–H groups in total. The van der Waals surface area contributed by atoms with Crippen LogP contribution in [0.3, 0.4) is 0 Å². The van der Waals surface area contributed by atoms with Gasteiger partial charge in [-0.25, -0.2) is 9.38 Å². The normalized spacial score (nSPS) is 17.1. The van der Waals surface area contributed by atoms with Gasteiger partial charge in [0.1, 0.15) is 11.6 Å². The standard InChI is InChI=1S/C21H32FN7.HI/c1-5-29-10-6-7-18(29)13-24-21(25-14-20-27-26-16(3)28(20)4)23-12-17-9-8-15(2)19(22)11-17;/h8-9,11,18H,5-7,10,12-14H2,1-4H3,(H2,23,24,25);1H. The summed E-state index contributed by atoms with van der Waals surface area (Å²) in [5.74, 6) is 2.22. The van der Waals surface area contributed by atoms with Crippen LogP contribution >= 0.6 is 24.0 Å². The van der Waals surface area contributed by atoms with Crippen LogP contribution in [0.5, 0.6) is 0 Å². The predicted molar refractivity (Wildman–Crippen MR) is 129 cm³/mol. The molecular formula is C21H33FIN7. The van der Waals surface area contributed by atoms with Crippen molar-refractivity contribution in [2.45, 2.75) is 52.7 Å². The molecule has 1 aromatic carbocycles. The molecule has 2 heterocycles. The van der Waals surface area contributed by atoms with Crippen molar-refractivity contribution in [3.63, 3.8) is 0 Å². The first-order valence-electron chi connectivity index (χ1n) is 10.3. The summed E-state index contributed by atoms with van der Waals surface area (Å²) in [7, 11) is 1.95. The number of aliphatic imine (C=N–C) groups is 1. The fourth-order valence-electron chi connectivity index (χ4n) is 3.60. The molecule has 0 bridgehead atoms. The maximum atomic E-state index is 13.9. The number of aromatic nitrogens is 3. The van der Waals surface area contributed by atoms with Crippen molar-refractivity contribution in [1.29, 1.82) is 0 Å². The van der Waals surface area contributed by atoms with Gasteiger partial charge in [-0.3, -0.25) is 4.90 Å². The fraction of sp³-hybridized carbons (Fsp3) is 0.571. The molecule has 9 heteroatoms. The van der Waals surface area contributed by atoms with Gasteiger partial charge in [-0.1, -0.05) is 19.1 Å². The topological polar surface area (TPSA) is 70.4 Å². The van der Waals surface area contributed by atoms with Gasteiger partial charge in [0.25, 0.3) is 0 Å². The van der Waals surface area contributed by atoms with Crippen LogP contribution in [0, 0.1) is 19.7 Å². The third-order valence-corrected chi connectivity index (χ3v) is 5.66. The lowest BCUT2D eigenvalue weighted by Crippen LogP contribution is -2.44. The molecule has 166 valence electrons. The Bertz CT molecular complexity index is 852. The Morgan fingerprint density at radius 3 is 2.73 bits per heavy atom. The van der Waals surface area contributed by atoms with Gasteiger partial charge in [-0.2, -0.15) is 0 Å². The number of nitrogens with one attached hydrogen (secondary N) is 2. The second-order valence-electron chi connectivity index (χ2n) is 7.63. The summed E-state index contributed by atoms with van der Waals surface area (Å²) in [5, 5.41) is 15.1. The minimum absolute atomic E-state index is 0. The predicted octanol–water partition coefficient (Wildman–Crippen LogP) is 2.91. The van der Waals surface area contributed by atoms with Gasteiger partial charge in [-0.15, -0.1) is 34.2 Å². The van der Waals surface area contributed by atoms with E-state index in [1.54, 1.807) is 19.1 Å². The molecule has 1 unspecified atom stereocenters. The summed E-state index contributed by atoms with van der Waals surface area (Å²) < 4.78 is 15.8. The van der Waals surface area contributed by atoms with Crippen molar-refractivity contribution >= 4 is 29.9 Å². The van der Waals surface area contributed by atoms with Crippen LogP contribution in [0.4, 0.5) is 4.39 Å². The molecule has 7 nitrogen and oxygen atoms in total. The Labute approximate surface area is 195 Å². The van der Waals surface area contributed by atoms with Crippen molar-refractivity contribution in [1.82, 2.24) is 30.3 Å². The number of rotatable bonds is 7. The van der Waals surface area contributed by atoms with E-state index >= 15 is 0 Å². The molecule has 2 aromatic rings. The van der Waals surface area contributed by atoms with Crippen LogP contribution in [-0.4, -0.2) is 51.3 Å². The van der Waals surface area contributed by atoms with Crippen molar-refractivity contribution < 1.29 is 4.39 Å². The largest absolute Gasteiger partial charge is 0.355 e. The van der Waals surface area contributed by atoms with E-state index in [2.05, 4.69) is 37.6 Å². The third kappa shape index (κ3) is 6.37. The molecule has 3 rings (SSSR count). The van der Waals surface area contributed by atoms with Crippen molar-refractivity contribution in [2.24, 2.45) is 12.0 Å². The molecule has 1 fully saturated rings. The number of nitrogens with zero attached hydrogens (tertiary/aromatic N) is 5. The van der Waals surface area contributed by atoms with Crippen LogP contribution in [-0.2, 0) is 20.1 Å². The monoisotopic (exact) mass is 529 g/mol. The zero-order chi connectivity index (χ0) is 20.8. The van der Waals surface area contributed by atoms with E-state index in [4.69, 9.17) is 0 Å². The molecule has 1 aliphatic rings. The SMILES string of the molecule is CCN1CCCC1CNC(=NCc1ccc(C)c(F)c1)NCc1nnc(C)n1C.I. The number of aryl methyl sites for hydroxylation is 2. The van der Waals surface area contributed by atoms with E-state index in [0.717, 1.165) is 36.8 Å². The first-order chi connectivity index (χ1) is 14.0. The molecule has 0 spiro atoms. The fourth-order valence-corrected chi connectivity index (χ4v) is 3.60. The van der Waals surface area contributed by atoms with Crippen LogP contribution in [0.1, 0.15) is 42.5 Å². The highest BCUT2D eigenvalue weighted by atomic mass is 127. The highest BCUT2D eigenvalue weighted by Gasteiger charge is 2.22. The zero-order valence-electron chi connectivity index (χ0n) is 18.3. The Hall–Kier alpha value is -1.75. The second-order valence-corrected chi connectivity index (χ2v) is 7.63. The summed E-state index contributed by atoms with van der Waals surface area (Å²) >= 11 is 0. The first kappa shape index (κ1) is 24.5. The number of likely N-dealkylation sites (tertiary alicyclic amines) is 1. The summed E-state index contributed by atoms with van der Waals surface area (Å²) in [5.41, 5.74) is 1.49. The molecule has 1 atom stereocenters. The maximum Gasteiger partial charge on any atom is 0.192 e. The molecule has 1 aliphatic heterocycles. The quantitative estimate of drug-likeness (QED) is 0.328. The summed E-state index contributed by atoms with van der Waals surface area (Å²) in [4.78, 5) is 7.17.